The molecule has 0 bridgehead atoms. The average Bonchev–Trinajstić information content (AvgIpc) is 2.70. The van der Waals surface area contributed by atoms with Gasteiger partial charge < -0.3 is 5.32 Å². The number of rotatable bonds is 8. The Balaban J connectivity index is 1.74. The first-order valence-electron chi connectivity index (χ1n) is 10.1. The second-order valence-corrected chi connectivity index (χ2v) is 7.93. The molecule has 2 rings (SSSR count). The fraction of sp³-hybridized carbons (Fsp3) is 0.308. The molecule has 152 valence electrons. The topological polar surface area (TPSA) is 46.2 Å². The SMILES string of the molecule is CC1=C(C=CC=CC=CC=CC(=O)NCC(=O)c2ccccc2)C(C)(C)CCC1. The maximum atomic E-state index is 11.9. The summed E-state index contributed by atoms with van der Waals surface area (Å²) in [6.07, 6.45) is 18.6. The Bertz CT molecular complexity index is 852. The van der Waals surface area contributed by atoms with E-state index in [9.17, 15) is 9.59 Å². The summed E-state index contributed by atoms with van der Waals surface area (Å²) in [6.45, 7) is 6.84. The number of carbonyl (C=O) groups is 2. The molecule has 1 aliphatic rings. The van der Waals surface area contributed by atoms with Gasteiger partial charge in [-0.15, -0.1) is 0 Å². The normalized spacial score (nSPS) is 17.1. The lowest BCUT2D eigenvalue weighted by Crippen LogP contribution is -2.27. The van der Waals surface area contributed by atoms with E-state index in [1.54, 1.807) is 36.4 Å². The highest BCUT2D eigenvalue weighted by atomic mass is 16.2. The van der Waals surface area contributed by atoms with Crippen LogP contribution < -0.4 is 5.32 Å². The van der Waals surface area contributed by atoms with Crippen LogP contribution in [0, 0.1) is 5.41 Å². The molecule has 1 aromatic carbocycles. The van der Waals surface area contributed by atoms with Crippen molar-refractivity contribution >= 4 is 11.7 Å². The molecule has 29 heavy (non-hydrogen) atoms. The molecule has 0 saturated heterocycles. The number of benzene rings is 1. The van der Waals surface area contributed by atoms with Crippen LogP contribution in [0.3, 0.4) is 0 Å². The van der Waals surface area contributed by atoms with Crippen molar-refractivity contribution in [3.63, 3.8) is 0 Å². The molecule has 0 fully saturated rings. The summed E-state index contributed by atoms with van der Waals surface area (Å²) in [5, 5.41) is 2.60. The van der Waals surface area contributed by atoms with Gasteiger partial charge in [-0.2, -0.15) is 0 Å². The summed E-state index contributed by atoms with van der Waals surface area (Å²) in [5.74, 6) is -0.395. The van der Waals surface area contributed by atoms with Gasteiger partial charge in [0.15, 0.2) is 5.78 Å². The van der Waals surface area contributed by atoms with Crippen LogP contribution in [0.1, 0.15) is 50.4 Å². The first-order valence-corrected chi connectivity index (χ1v) is 10.1. The van der Waals surface area contributed by atoms with Crippen molar-refractivity contribution in [3.8, 4) is 0 Å². The van der Waals surface area contributed by atoms with Gasteiger partial charge in [0.1, 0.15) is 0 Å². The fourth-order valence-corrected chi connectivity index (χ4v) is 3.51. The third kappa shape index (κ3) is 7.53. The van der Waals surface area contributed by atoms with Crippen LogP contribution in [0.15, 0.2) is 90.1 Å². The molecule has 0 aromatic heterocycles. The van der Waals surface area contributed by atoms with Gasteiger partial charge in [0.2, 0.25) is 5.91 Å². The molecule has 1 N–H and O–H groups in total. The van der Waals surface area contributed by atoms with Crippen molar-refractivity contribution < 1.29 is 9.59 Å². The fourth-order valence-electron chi connectivity index (χ4n) is 3.51. The van der Waals surface area contributed by atoms with Crippen LogP contribution in [0.4, 0.5) is 0 Å². The minimum atomic E-state index is -0.287. The number of Topliss-reactive ketones (excluding diaryl/α,β-unsaturated/α-hetero) is 1. The van der Waals surface area contributed by atoms with E-state index in [2.05, 4.69) is 38.2 Å². The molecular weight excluding hydrogens is 358 g/mol. The molecule has 1 aliphatic carbocycles. The number of allylic oxidation sites excluding steroid dienone is 9. The Hall–Kier alpha value is -2.94. The molecule has 0 spiro atoms. The van der Waals surface area contributed by atoms with Crippen molar-refractivity contribution in [1.82, 2.24) is 5.32 Å². The highest BCUT2D eigenvalue weighted by molar-refractivity contribution is 6.00. The zero-order valence-corrected chi connectivity index (χ0v) is 17.7. The van der Waals surface area contributed by atoms with E-state index in [0.29, 0.717) is 5.56 Å². The Morgan fingerprint density at radius 2 is 1.66 bits per heavy atom. The Labute approximate surface area is 174 Å². The number of hydrogen-bond acceptors (Lipinski definition) is 2. The summed E-state index contributed by atoms with van der Waals surface area (Å²) in [4.78, 5) is 23.7. The number of hydrogen-bond donors (Lipinski definition) is 1. The minimum absolute atomic E-state index is 0.00673. The Kier molecular flexibility index (Phi) is 8.60. The van der Waals surface area contributed by atoms with Crippen LogP contribution in [0.2, 0.25) is 0 Å². The highest BCUT2D eigenvalue weighted by Crippen LogP contribution is 2.40. The van der Waals surface area contributed by atoms with Crippen molar-refractivity contribution in [3.05, 3.63) is 95.6 Å². The number of ketones is 1. The van der Waals surface area contributed by atoms with Crippen LogP contribution in [0.25, 0.3) is 0 Å². The lowest BCUT2D eigenvalue weighted by atomic mass is 9.73. The average molecular weight is 390 g/mol. The van der Waals surface area contributed by atoms with Gasteiger partial charge >= 0.3 is 0 Å². The van der Waals surface area contributed by atoms with Crippen LogP contribution in [-0.4, -0.2) is 18.2 Å². The van der Waals surface area contributed by atoms with Crippen molar-refractivity contribution in [2.45, 2.75) is 40.0 Å². The Morgan fingerprint density at radius 1 is 1.00 bits per heavy atom. The molecule has 3 nitrogen and oxygen atoms in total. The van der Waals surface area contributed by atoms with E-state index in [1.165, 1.54) is 36.5 Å². The molecular formula is C26H31NO2. The lowest BCUT2D eigenvalue weighted by molar-refractivity contribution is -0.116. The van der Waals surface area contributed by atoms with Gasteiger partial charge in [0.25, 0.3) is 0 Å². The predicted octanol–water partition coefficient (Wildman–Crippen LogP) is 5.74. The summed E-state index contributed by atoms with van der Waals surface area (Å²) in [5.41, 5.74) is 3.78. The second-order valence-electron chi connectivity index (χ2n) is 7.93. The van der Waals surface area contributed by atoms with E-state index in [4.69, 9.17) is 0 Å². The van der Waals surface area contributed by atoms with Gasteiger partial charge in [-0.05, 0) is 37.2 Å². The maximum absolute atomic E-state index is 11.9. The van der Waals surface area contributed by atoms with E-state index < -0.39 is 0 Å². The number of carbonyl (C=O) groups excluding carboxylic acids is 2. The summed E-state index contributed by atoms with van der Waals surface area (Å²) in [6, 6.07) is 8.93. The zero-order valence-electron chi connectivity index (χ0n) is 17.7. The molecule has 0 radical (unpaired) electrons. The second kappa shape index (κ2) is 11.2. The monoisotopic (exact) mass is 389 g/mol. The highest BCUT2D eigenvalue weighted by Gasteiger charge is 2.26. The first-order chi connectivity index (χ1) is 13.9. The molecule has 0 heterocycles. The number of amides is 1. The minimum Gasteiger partial charge on any atom is -0.345 e. The summed E-state index contributed by atoms with van der Waals surface area (Å²) >= 11 is 0. The lowest BCUT2D eigenvalue weighted by Gasteiger charge is -2.32. The third-order valence-corrected chi connectivity index (χ3v) is 5.13. The molecule has 1 aromatic rings. The predicted molar refractivity (Wildman–Crippen MR) is 121 cm³/mol. The first kappa shape index (κ1) is 22.4. The number of nitrogens with one attached hydrogen (secondary N) is 1. The van der Waals surface area contributed by atoms with Crippen LogP contribution in [0.5, 0.6) is 0 Å². The van der Waals surface area contributed by atoms with E-state index in [-0.39, 0.29) is 23.7 Å². The smallest absolute Gasteiger partial charge is 0.244 e. The third-order valence-electron chi connectivity index (χ3n) is 5.13. The maximum Gasteiger partial charge on any atom is 0.244 e. The molecule has 0 unspecified atom stereocenters. The van der Waals surface area contributed by atoms with Crippen LogP contribution in [-0.2, 0) is 4.79 Å². The molecule has 3 heteroatoms. The van der Waals surface area contributed by atoms with Gasteiger partial charge in [0.05, 0.1) is 6.54 Å². The standard InChI is InChI=1S/C26H31NO2/c1-21-14-13-19-26(2,3)23(21)17-11-6-4-5-7-12-18-25(29)27-20-24(28)22-15-9-8-10-16-22/h4-12,15-18H,13-14,19-20H2,1-3H3,(H,27,29). The van der Waals surface area contributed by atoms with E-state index in [0.717, 1.165) is 0 Å². The van der Waals surface area contributed by atoms with Gasteiger partial charge in [-0.1, -0.05) is 92.3 Å². The summed E-state index contributed by atoms with van der Waals surface area (Å²) < 4.78 is 0. The van der Waals surface area contributed by atoms with E-state index >= 15 is 0 Å². The molecule has 0 aliphatic heterocycles. The molecule has 0 saturated carbocycles. The van der Waals surface area contributed by atoms with Gasteiger partial charge in [0, 0.05) is 11.6 Å². The van der Waals surface area contributed by atoms with Crippen molar-refractivity contribution in [1.29, 1.82) is 0 Å². The molecule has 0 atom stereocenters. The quantitative estimate of drug-likeness (QED) is 0.350. The Morgan fingerprint density at radius 3 is 2.34 bits per heavy atom. The summed E-state index contributed by atoms with van der Waals surface area (Å²) in [7, 11) is 0. The van der Waals surface area contributed by atoms with Crippen LogP contribution >= 0.6 is 0 Å². The molecule has 1 amide bonds. The van der Waals surface area contributed by atoms with Gasteiger partial charge in [-0.3, -0.25) is 9.59 Å². The van der Waals surface area contributed by atoms with Crippen molar-refractivity contribution in [2.75, 3.05) is 6.54 Å². The zero-order chi connectivity index (χ0) is 21.1. The van der Waals surface area contributed by atoms with E-state index in [1.807, 2.05) is 24.3 Å². The van der Waals surface area contributed by atoms with Crippen molar-refractivity contribution in [2.24, 2.45) is 5.41 Å². The van der Waals surface area contributed by atoms with Gasteiger partial charge in [-0.25, -0.2) is 0 Å². The largest absolute Gasteiger partial charge is 0.345 e.